The topological polar surface area (TPSA) is 90.0 Å². The van der Waals surface area contributed by atoms with E-state index in [0.717, 1.165) is 21.8 Å². The quantitative estimate of drug-likeness (QED) is 0.621. The maximum atomic E-state index is 12.2. The molecule has 7 heteroatoms. The number of nitrogens with one attached hydrogen (secondary N) is 1. The molecule has 0 bridgehead atoms. The van der Waals surface area contributed by atoms with E-state index in [1.807, 2.05) is 39.1 Å². The van der Waals surface area contributed by atoms with Crippen LogP contribution in [-0.4, -0.2) is 27.3 Å². The van der Waals surface area contributed by atoms with Crippen molar-refractivity contribution in [1.82, 2.24) is 9.78 Å². The first-order chi connectivity index (χ1) is 11.4. The lowest BCUT2D eigenvalue weighted by molar-refractivity contribution is -0.115. The maximum Gasteiger partial charge on any atom is 0.248 e. The van der Waals surface area contributed by atoms with E-state index in [2.05, 4.69) is 10.4 Å². The number of carbonyl (C=O) groups excluding carboxylic acids is 2. The second kappa shape index (κ2) is 7.83. The van der Waals surface area contributed by atoms with Crippen molar-refractivity contribution >= 4 is 35.3 Å². The highest BCUT2D eigenvalue weighted by atomic mass is 32.2. The van der Waals surface area contributed by atoms with Gasteiger partial charge in [0.1, 0.15) is 0 Å². The molecular formula is C17H20N4O2S. The summed E-state index contributed by atoms with van der Waals surface area (Å²) in [7, 11) is 1.87. The van der Waals surface area contributed by atoms with E-state index in [0.29, 0.717) is 5.69 Å². The number of para-hydroxylation sites is 1. The molecule has 2 aromatic rings. The van der Waals surface area contributed by atoms with Crippen molar-refractivity contribution in [2.45, 2.75) is 18.7 Å². The van der Waals surface area contributed by atoms with Crippen LogP contribution in [0, 0.1) is 13.8 Å². The molecule has 1 aromatic carbocycles. The van der Waals surface area contributed by atoms with Gasteiger partial charge in [-0.05, 0) is 32.1 Å². The average Bonchev–Trinajstić information content (AvgIpc) is 2.77. The zero-order valence-electron chi connectivity index (χ0n) is 13.9. The molecule has 0 atom stereocenters. The van der Waals surface area contributed by atoms with Gasteiger partial charge in [0.2, 0.25) is 11.8 Å². The normalized spacial score (nSPS) is 11.0. The summed E-state index contributed by atoms with van der Waals surface area (Å²) < 4.78 is 1.78. The lowest BCUT2D eigenvalue weighted by Crippen LogP contribution is -2.13. The Morgan fingerprint density at radius 1 is 1.33 bits per heavy atom. The number of carbonyl (C=O) groups is 2. The average molecular weight is 344 g/mol. The van der Waals surface area contributed by atoms with Crippen molar-refractivity contribution in [2.75, 3.05) is 11.1 Å². The van der Waals surface area contributed by atoms with E-state index < -0.39 is 5.91 Å². The van der Waals surface area contributed by atoms with Crippen molar-refractivity contribution in [2.24, 2.45) is 12.8 Å². The summed E-state index contributed by atoms with van der Waals surface area (Å²) in [6.07, 6.45) is 3.23. The second-order valence-electron chi connectivity index (χ2n) is 5.28. The number of aromatic nitrogens is 2. The Morgan fingerprint density at radius 3 is 2.67 bits per heavy atom. The van der Waals surface area contributed by atoms with Gasteiger partial charge in [0.05, 0.1) is 17.1 Å². The molecule has 0 saturated carbocycles. The van der Waals surface area contributed by atoms with Crippen LogP contribution in [0.1, 0.15) is 17.0 Å². The van der Waals surface area contributed by atoms with Gasteiger partial charge < -0.3 is 11.1 Å². The van der Waals surface area contributed by atoms with Gasteiger partial charge in [0, 0.05) is 29.3 Å². The predicted octanol–water partition coefficient (Wildman–Crippen LogP) is 2.27. The number of benzene rings is 1. The molecule has 0 spiro atoms. The lowest BCUT2D eigenvalue weighted by atomic mass is 10.2. The van der Waals surface area contributed by atoms with Crippen LogP contribution in [0.2, 0.25) is 0 Å². The standard InChI is InChI=1S/C17H20N4O2S/c1-11-13(12(2)21(3)20-11)8-9-17(23)19-14-6-4-5-7-15(14)24-10-16(18)22/h4-9H,10H2,1-3H3,(H2,18,22)(H,19,23)/b9-8+. The summed E-state index contributed by atoms with van der Waals surface area (Å²) >= 11 is 1.29. The van der Waals surface area contributed by atoms with E-state index >= 15 is 0 Å². The zero-order valence-corrected chi connectivity index (χ0v) is 14.7. The Balaban J connectivity index is 2.10. The third-order valence-corrected chi connectivity index (χ3v) is 4.58. The van der Waals surface area contributed by atoms with Crippen LogP contribution < -0.4 is 11.1 Å². The number of rotatable bonds is 6. The molecule has 1 heterocycles. The summed E-state index contributed by atoms with van der Waals surface area (Å²) in [6.45, 7) is 3.85. The van der Waals surface area contributed by atoms with E-state index in [4.69, 9.17) is 5.73 Å². The maximum absolute atomic E-state index is 12.2. The van der Waals surface area contributed by atoms with Gasteiger partial charge >= 0.3 is 0 Å². The van der Waals surface area contributed by atoms with Gasteiger partial charge in [-0.2, -0.15) is 5.10 Å². The number of aryl methyl sites for hydroxylation is 2. The van der Waals surface area contributed by atoms with Crippen molar-refractivity contribution in [3.05, 3.63) is 47.3 Å². The monoisotopic (exact) mass is 344 g/mol. The zero-order chi connectivity index (χ0) is 17.7. The molecule has 3 N–H and O–H groups in total. The first-order valence-corrected chi connectivity index (χ1v) is 8.36. The largest absolute Gasteiger partial charge is 0.369 e. The summed E-state index contributed by atoms with van der Waals surface area (Å²) in [5.41, 5.74) is 8.62. The molecule has 24 heavy (non-hydrogen) atoms. The first kappa shape index (κ1) is 17.8. The van der Waals surface area contributed by atoms with E-state index in [1.54, 1.807) is 16.8 Å². The summed E-state index contributed by atoms with van der Waals surface area (Å²) in [6, 6.07) is 7.29. The number of nitrogens with two attached hydrogens (primary N) is 1. The first-order valence-electron chi connectivity index (χ1n) is 7.38. The van der Waals surface area contributed by atoms with Crippen LogP contribution >= 0.6 is 11.8 Å². The Bertz CT molecular complexity index is 796. The smallest absolute Gasteiger partial charge is 0.248 e. The fourth-order valence-corrected chi connectivity index (χ4v) is 2.96. The Hall–Kier alpha value is -2.54. The molecule has 0 saturated heterocycles. The molecule has 0 aliphatic rings. The number of amides is 2. The van der Waals surface area contributed by atoms with Gasteiger partial charge in [0.15, 0.2) is 0 Å². The van der Waals surface area contributed by atoms with Crippen molar-refractivity contribution in [3.63, 3.8) is 0 Å². The van der Waals surface area contributed by atoms with E-state index in [9.17, 15) is 9.59 Å². The lowest BCUT2D eigenvalue weighted by Gasteiger charge is -2.08. The molecule has 1 aromatic heterocycles. The number of hydrogen-bond donors (Lipinski definition) is 2. The van der Waals surface area contributed by atoms with Crippen LogP contribution in [0.5, 0.6) is 0 Å². The van der Waals surface area contributed by atoms with Gasteiger partial charge in [-0.15, -0.1) is 11.8 Å². The molecule has 0 radical (unpaired) electrons. The van der Waals surface area contributed by atoms with Gasteiger partial charge in [-0.25, -0.2) is 0 Å². The Kier molecular flexibility index (Phi) is 5.81. The van der Waals surface area contributed by atoms with Crippen LogP contribution in [-0.2, 0) is 16.6 Å². The number of hydrogen-bond acceptors (Lipinski definition) is 4. The molecular weight excluding hydrogens is 324 g/mol. The summed E-state index contributed by atoms with van der Waals surface area (Å²) in [5.74, 6) is -0.482. The van der Waals surface area contributed by atoms with E-state index in [1.165, 1.54) is 17.8 Å². The molecule has 126 valence electrons. The highest BCUT2D eigenvalue weighted by molar-refractivity contribution is 8.00. The van der Waals surface area contributed by atoms with Gasteiger partial charge in [0.25, 0.3) is 0 Å². The van der Waals surface area contributed by atoms with E-state index in [-0.39, 0.29) is 11.7 Å². The van der Waals surface area contributed by atoms with Crippen LogP contribution in [0.15, 0.2) is 35.2 Å². The minimum Gasteiger partial charge on any atom is -0.369 e. The minimum absolute atomic E-state index is 0.163. The Labute approximate surface area is 145 Å². The highest BCUT2D eigenvalue weighted by Gasteiger charge is 2.08. The molecule has 0 aliphatic heterocycles. The molecule has 2 amide bonds. The third kappa shape index (κ3) is 4.48. The second-order valence-corrected chi connectivity index (χ2v) is 6.30. The van der Waals surface area contributed by atoms with Crippen LogP contribution in [0.3, 0.4) is 0 Å². The molecule has 2 rings (SSSR count). The van der Waals surface area contributed by atoms with Crippen molar-refractivity contribution in [1.29, 1.82) is 0 Å². The number of nitrogens with zero attached hydrogens (tertiary/aromatic N) is 2. The minimum atomic E-state index is -0.399. The van der Waals surface area contributed by atoms with Crippen LogP contribution in [0.4, 0.5) is 5.69 Å². The Morgan fingerprint density at radius 2 is 2.04 bits per heavy atom. The molecule has 0 aliphatic carbocycles. The number of primary amides is 1. The predicted molar refractivity (Wildman–Crippen MR) is 96.7 cm³/mol. The summed E-state index contributed by atoms with van der Waals surface area (Å²) in [4.78, 5) is 23.9. The fourth-order valence-electron chi connectivity index (χ4n) is 2.21. The van der Waals surface area contributed by atoms with Crippen molar-refractivity contribution < 1.29 is 9.59 Å². The highest BCUT2D eigenvalue weighted by Crippen LogP contribution is 2.26. The molecule has 0 unspecified atom stereocenters. The van der Waals surface area contributed by atoms with Gasteiger partial charge in [-0.1, -0.05) is 12.1 Å². The third-order valence-electron chi connectivity index (χ3n) is 3.48. The summed E-state index contributed by atoms with van der Waals surface area (Å²) in [5, 5.41) is 7.14. The van der Waals surface area contributed by atoms with Gasteiger partial charge in [-0.3, -0.25) is 14.3 Å². The molecule has 0 fully saturated rings. The SMILES string of the molecule is Cc1nn(C)c(C)c1/C=C/C(=O)Nc1ccccc1SCC(N)=O. The number of anilines is 1. The van der Waals surface area contributed by atoms with Crippen molar-refractivity contribution in [3.8, 4) is 0 Å². The molecule has 6 nitrogen and oxygen atoms in total. The van der Waals surface area contributed by atoms with Crippen LogP contribution in [0.25, 0.3) is 6.08 Å². The number of thioether (sulfide) groups is 1. The fraction of sp³-hybridized carbons (Fsp3) is 0.235.